The highest BCUT2D eigenvalue weighted by Gasteiger charge is 2.16. The third-order valence-corrected chi connectivity index (χ3v) is 1.82. The average molecular weight is 227 g/mol. The molecule has 1 atom stereocenters. The van der Waals surface area contributed by atoms with E-state index in [2.05, 4.69) is 10.3 Å². The summed E-state index contributed by atoms with van der Waals surface area (Å²) in [5, 5.41) is 22.0. The van der Waals surface area contributed by atoms with E-state index in [9.17, 15) is 10.1 Å². The van der Waals surface area contributed by atoms with Crippen LogP contribution in [0.3, 0.4) is 0 Å². The Morgan fingerprint density at radius 3 is 3.00 bits per heavy atom. The van der Waals surface area contributed by atoms with Crippen LogP contribution >= 0.6 is 11.6 Å². The molecule has 0 bridgehead atoms. The molecule has 0 fully saturated rings. The van der Waals surface area contributed by atoms with Crippen LogP contribution in [0.1, 0.15) is 6.92 Å². The number of rotatable bonds is 3. The Morgan fingerprint density at radius 2 is 2.47 bits per heavy atom. The molecule has 1 N–H and O–H groups in total. The summed E-state index contributed by atoms with van der Waals surface area (Å²) in [4.78, 5) is 13.6. The van der Waals surface area contributed by atoms with Crippen molar-refractivity contribution in [1.29, 1.82) is 5.26 Å². The molecule has 0 spiro atoms. The predicted octanol–water partition coefficient (Wildman–Crippen LogP) is 1.97. The number of hydrogen-bond donors (Lipinski definition) is 1. The molecule has 1 aromatic heterocycles. The minimum atomic E-state index is -0.588. The summed E-state index contributed by atoms with van der Waals surface area (Å²) in [7, 11) is 0. The van der Waals surface area contributed by atoms with Crippen LogP contribution in [-0.2, 0) is 0 Å². The maximum absolute atomic E-state index is 10.6. The number of hydrogen-bond acceptors (Lipinski definition) is 5. The van der Waals surface area contributed by atoms with E-state index in [1.807, 2.05) is 6.07 Å². The van der Waals surface area contributed by atoms with Crippen molar-refractivity contribution < 1.29 is 4.92 Å². The van der Waals surface area contributed by atoms with Crippen LogP contribution in [-0.4, -0.2) is 15.9 Å². The minimum absolute atomic E-state index is 0.133. The van der Waals surface area contributed by atoms with E-state index in [-0.39, 0.29) is 16.5 Å². The maximum Gasteiger partial charge on any atom is 0.310 e. The Morgan fingerprint density at radius 1 is 1.80 bits per heavy atom. The highest BCUT2D eigenvalue weighted by atomic mass is 35.5. The fourth-order valence-corrected chi connectivity index (χ4v) is 1.11. The molecular weight excluding hydrogens is 220 g/mol. The van der Waals surface area contributed by atoms with Gasteiger partial charge in [0.15, 0.2) is 0 Å². The first kappa shape index (κ1) is 11.2. The normalized spacial score (nSPS) is 11.5. The number of nitro groups is 1. The third-order valence-electron chi connectivity index (χ3n) is 1.61. The number of pyridine rings is 1. The molecular formula is C8H7ClN4O2. The fourth-order valence-electron chi connectivity index (χ4n) is 0.949. The number of halogens is 1. The lowest BCUT2D eigenvalue weighted by atomic mass is 10.3. The lowest BCUT2D eigenvalue weighted by Gasteiger charge is -2.07. The largest absolute Gasteiger partial charge is 0.364 e. The Bertz CT molecular complexity index is 429. The second-order valence-corrected chi connectivity index (χ2v) is 3.16. The minimum Gasteiger partial charge on any atom is -0.364 e. The van der Waals surface area contributed by atoms with Crippen LogP contribution < -0.4 is 5.32 Å². The number of nitrogens with one attached hydrogen (secondary N) is 1. The zero-order valence-electron chi connectivity index (χ0n) is 7.77. The van der Waals surface area contributed by atoms with Crippen molar-refractivity contribution in [2.45, 2.75) is 13.0 Å². The summed E-state index contributed by atoms with van der Waals surface area (Å²) in [6.07, 6.45) is 1.05. The first-order chi connectivity index (χ1) is 7.04. The Hall–Kier alpha value is -1.87. The van der Waals surface area contributed by atoms with Gasteiger partial charge in [-0.25, -0.2) is 4.98 Å². The number of nitrogens with zero attached hydrogens (tertiary/aromatic N) is 3. The van der Waals surface area contributed by atoms with Crippen LogP contribution in [0.25, 0.3) is 0 Å². The Balaban J connectivity index is 3.08. The van der Waals surface area contributed by atoms with Crippen molar-refractivity contribution in [3.05, 3.63) is 27.5 Å². The molecule has 15 heavy (non-hydrogen) atoms. The van der Waals surface area contributed by atoms with Gasteiger partial charge in [-0.3, -0.25) is 10.1 Å². The van der Waals surface area contributed by atoms with Crippen molar-refractivity contribution in [3.8, 4) is 6.07 Å². The van der Waals surface area contributed by atoms with E-state index >= 15 is 0 Å². The molecule has 1 aromatic rings. The molecule has 0 saturated heterocycles. The first-order valence-corrected chi connectivity index (χ1v) is 4.38. The summed E-state index contributed by atoms with van der Waals surface area (Å²) in [5.41, 5.74) is -0.0180. The molecule has 0 aliphatic carbocycles. The molecule has 1 rings (SSSR count). The van der Waals surface area contributed by atoms with Gasteiger partial charge in [-0.2, -0.15) is 5.26 Å². The number of nitriles is 1. The highest BCUT2D eigenvalue weighted by Crippen LogP contribution is 2.25. The highest BCUT2D eigenvalue weighted by molar-refractivity contribution is 6.29. The second-order valence-electron chi connectivity index (χ2n) is 2.78. The van der Waals surface area contributed by atoms with Gasteiger partial charge in [0.25, 0.3) is 0 Å². The molecule has 0 amide bonds. The summed E-state index contributed by atoms with van der Waals surface area (Å²) >= 11 is 5.59. The molecule has 0 unspecified atom stereocenters. The fraction of sp³-hybridized carbons (Fsp3) is 0.250. The summed E-state index contributed by atoms with van der Waals surface area (Å²) in [6.45, 7) is 1.58. The van der Waals surface area contributed by atoms with Crippen molar-refractivity contribution in [1.82, 2.24) is 4.98 Å². The monoisotopic (exact) mass is 226 g/mol. The lowest BCUT2D eigenvalue weighted by molar-refractivity contribution is -0.384. The van der Waals surface area contributed by atoms with E-state index in [0.29, 0.717) is 0 Å². The smallest absolute Gasteiger partial charge is 0.310 e. The van der Waals surface area contributed by atoms with Crippen molar-refractivity contribution in [2.24, 2.45) is 0 Å². The number of aromatic nitrogens is 1. The van der Waals surface area contributed by atoms with Crippen LogP contribution in [0.5, 0.6) is 0 Å². The molecule has 0 aliphatic heterocycles. The van der Waals surface area contributed by atoms with Crippen molar-refractivity contribution >= 4 is 23.0 Å². The zero-order valence-corrected chi connectivity index (χ0v) is 8.52. The molecule has 0 aromatic carbocycles. The molecule has 0 aliphatic rings. The summed E-state index contributed by atoms with van der Waals surface area (Å²) in [6, 6.07) is 2.68. The molecule has 78 valence electrons. The van der Waals surface area contributed by atoms with E-state index in [1.165, 1.54) is 6.07 Å². The van der Waals surface area contributed by atoms with Crippen molar-refractivity contribution in [3.63, 3.8) is 0 Å². The van der Waals surface area contributed by atoms with Crippen LogP contribution in [0, 0.1) is 21.4 Å². The second kappa shape index (κ2) is 4.57. The van der Waals surface area contributed by atoms with Gasteiger partial charge < -0.3 is 5.32 Å². The van der Waals surface area contributed by atoms with Gasteiger partial charge in [0.1, 0.15) is 23.1 Å². The topological polar surface area (TPSA) is 91.8 Å². The van der Waals surface area contributed by atoms with Gasteiger partial charge in [0.2, 0.25) is 0 Å². The first-order valence-electron chi connectivity index (χ1n) is 4.00. The molecule has 7 heteroatoms. The SMILES string of the molecule is C[C@H](C#N)Nc1cc(Cl)ncc1[N+](=O)[O-]. The predicted molar refractivity (Wildman–Crippen MR) is 54.6 cm³/mol. The van der Waals surface area contributed by atoms with Crippen LogP contribution in [0.4, 0.5) is 11.4 Å². The summed E-state index contributed by atoms with van der Waals surface area (Å²) < 4.78 is 0. The van der Waals surface area contributed by atoms with Gasteiger partial charge in [-0.05, 0) is 6.92 Å². The van der Waals surface area contributed by atoms with E-state index in [0.717, 1.165) is 6.20 Å². The van der Waals surface area contributed by atoms with Gasteiger partial charge in [0, 0.05) is 6.07 Å². The van der Waals surface area contributed by atoms with E-state index in [1.54, 1.807) is 6.92 Å². The Labute approximate surface area is 90.6 Å². The number of anilines is 1. The third kappa shape index (κ3) is 2.79. The standard InChI is InChI=1S/C8H7ClN4O2/c1-5(3-10)12-6-2-8(9)11-4-7(6)13(14)15/h2,4-5H,1H3,(H,11,12)/t5-/m1/s1. The lowest BCUT2D eigenvalue weighted by Crippen LogP contribution is -2.13. The van der Waals surface area contributed by atoms with E-state index < -0.39 is 11.0 Å². The average Bonchev–Trinajstić information content (AvgIpc) is 2.17. The van der Waals surface area contributed by atoms with Crippen LogP contribution in [0.2, 0.25) is 5.15 Å². The molecule has 1 heterocycles. The molecule has 6 nitrogen and oxygen atoms in total. The summed E-state index contributed by atoms with van der Waals surface area (Å²) in [5.74, 6) is 0. The molecule has 0 saturated carbocycles. The van der Waals surface area contributed by atoms with Crippen LogP contribution in [0.15, 0.2) is 12.3 Å². The van der Waals surface area contributed by atoms with Crippen molar-refractivity contribution in [2.75, 3.05) is 5.32 Å². The quantitative estimate of drug-likeness (QED) is 0.483. The van der Waals surface area contributed by atoms with Gasteiger partial charge in [-0.1, -0.05) is 11.6 Å². The van der Waals surface area contributed by atoms with Gasteiger partial charge in [0.05, 0.1) is 11.0 Å². The van der Waals surface area contributed by atoms with Gasteiger partial charge in [-0.15, -0.1) is 0 Å². The van der Waals surface area contributed by atoms with Gasteiger partial charge >= 0.3 is 5.69 Å². The Kier molecular flexibility index (Phi) is 3.42. The van der Waals surface area contributed by atoms with E-state index in [4.69, 9.17) is 16.9 Å². The zero-order chi connectivity index (χ0) is 11.4. The molecule has 0 radical (unpaired) electrons. The maximum atomic E-state index is 10.6.